The van der Waals surface area contributed by atoms with Gasteiger partial charge in [-0.3, -0.25) is 4.79 Å². The van der Waals surface area contributed by atoms with Crippen LogP contribution in [0.15, 0.2) is 42.5 Å². The molecule has 0 fully saturated rings. The summed E-state index contributed by atoms with van der Waals surface area (Å²) < 4.78 is 0. The van der Waals surface area contributed by atoms with E-state index in [1.165, 1.54) is 22.3 Å². The van der Waals surface area contributed by atoms with Gasteiger partial charge in [-0.2, -0.15) is 0 Å². The Labute approximate surface area is 113 Å². The first kappa shape index (κ1) is 12.0. The summed E-state index contributed by atoms with van der Waals surface area (Å²) in [5, 5.41) is 3.11. The third-order valence-corrected chi connectivity index (χ3v) is 3.73. The summed E-state index contributed by atoms with van der Waals surface area (Å²) in [4.78, 5) is 12.1. The van der Waals surface area contributed by atoms with E-state index in [1.54, 1.807) is 0 Å². The molecule has 2 heteroatoms. The van der Waals surface area contributed by atoms with E-state index in [-0.39, 0.29) is 11.9 Å². The highest BCUT2D eigenvalue weighted by Crippen LogP contribution is 2.36. The molecule has 0 spiro atoms. The van der Waals surface area contributed by atoms with Crippen molar-refractivity contribution < 1.29 is 4.79 Å². The molecule has 3 rings (SSSR count). The molecule has 1 amide bonds. The van der Waals surface area contributed by atoms with Crippen LogP contribution in [0.2, 0.25) is 0 Å². The summed E-state index contributed by atoms with van der Waals surface area (Å²) in [6.45, 7) is 4.23. The molecule has 0 bridgehead atoms. The van der Waals surface area contributed by atoms with E-state index in [1.807, 2.05) is 30.3 Å². The van der Waals surface area contributed by atoms with E-state index in [9.17, 15) is 4.79 Å². The molecule has 1 aliphatic rings. The lowest BCUT2D eigenvalue weighted by atomic mass is 9.79. The molecule has 0 saturated heterocycles. The van der Waals surface area contributed by atoms with E-state index < -0.39 is 0 Å². The lowest BCUT2D eigenvalue weighted by Crippen LogP contribution is -2.36. The molecule has 1 aliphatic carbocycles. The van der Waals surface area contributed by atoms with Gasteiger partial charge in [0.15, 0.2) is 0 Å². The maximum atomic E-state index is 12.1. The van der Waals surface area contributed by atoms with Crippen LogP contribution in [-0.4, -0.2) is 5.91 Å². The highest BCUT2D eigenvalue weighted by Gasteiger charge is 2.29. The first-order chi connectivity index (χ1) is 9.15. The van der Waals surface area contributed by atoms with Crippen molar-refractivity contribution in [2.75, 3.05) is 0 Å². The van der Waals surface area contributed by atoms with Gasteiger partial charge in [-0.05, 0) is 49.1 Å². The molecule has 1 unspecified atom stereocenters. The zero-order valence-electron chi connectivity index (χ0n) is 11.2. The fourth-order valence-corrected chi connectivity index (χ4v) is 2.88. The molecule has 0 aliphatic heterocycles. The van der Waals surface area contributed by atoms with Crippen LogP contribution in [0, 0.1) is 13.8 Å². The summed E-state index contributed by atoms with van der Waals surface area (Å²) in [6, 6.07) is 13.9. The Hall–Kier alpha value is -2.09. The van der Waals surface area contributed by atoms with Crippen molar-refractivity contribution in [3.8, 4) is 0 Å². The van der Waals surface area contributed by atoms with Gasteiger partial charge in [0.25, 0.3) is 5.91 Å². The zero-order valence-corrected chi connectivity index (χ0v) is 11.2. The molecule has 1 atom stereocenters. The molecular formula is C17H17NO. The third kappa shape index (κ3) is 2.14. The number of fused-ring (bicyclic) bond motifs is 1. The van der Waals surface area contributed by atoms with E-state index >= 15 is 0 Å². The summed E-state index contributed by atoms with van der Waals surface area (Å²) >= 11 is 0. The lowest BCUT2D eigenvalue weighted by Gasteiger charge is -2.33. The van der Waals surface area contributed by atoms with Crippen molar-refractivity contribution in [3.05, 3.63) is 70.3 Å². The SMILES string of the molecule is Cc1cc(C)c2c(c1)CC2NC(=O)c1ccccc1. The molecule has 2 aromatic carbocycles. The lowest BCUT2D eigenvalue weighted by molar-refractivity contribution is 0.0932. The first-order valence-electron chi connectivity index (χ1n) is 6.61. The Morgan fingerprint density at radius 1 is 1.16 bits per heavy atom. The fraction of sp³-hybridized carbons (Fsp3) is 0.235. The molecule has 0 radical (unpaired) electrons. The number of aryl methyl sites for hydroxylation is 2. The van der Waals surface area contributed by atoms with Crippen molar-refractivity contribution in [3.63, 3.8) is 0 Å². The van der Waals surface area contributed by atoms with Crippen molar-refractivity contribution in [2.24, 2.45) is 0 Å². The maximum absolute atomic E-state index is 12.1. The number of benzene rings is 2. The molecule has 0 aromatic heterocycles. The van der Waals surface area contributed by atoms with E-state index in [4.69, 9.17) is 0 Å². The smallest absolute Gasteiger partial charge is 0.251 e. The van der Waals surface area contributed by atoms with Crippen LogP contribution in [0.3, 0.4) is 0 Å². The summed E-state index contributed by atoms with van der Waals surface area (Å²) in [5.41, 5.74) is 5.97. The average Bonchev–Trinajstić information content (AvgIpc) is 2.36. The number of hydrogen-bond donors (Lipinski definition) is 1. The second-order valence-electron chi connectivity index (χ2n) is 5.25. The molecule has 0 heterocycles. The number of carbonyl (C=O) groups excluding carboxylic acids is 1. The van der Waals surface area contributed by atoms with Gasteiger partial charge in [0.2, 0.25) is 0 Å². The van der Waals surface area contributed by atoms with Crippen LogP contribution in [0.25, 0.3) is 0 Å². The van der Waals surface area contributed by atoms with Crippen LogP contribution >= 0.6 is 0 Å². The second kappa shape index (κ2) is 4.54. The average molecular weight is 251 g/mol. The predicted octanol–water partition coefficient (Wildman–Crippen LogP) is 3.33. The quantitative estimate of drug-likeness (QED) is 0.871. The summed E-state index contributed by atoms with van der Waals surface area (Å²) in [7, 11) is 0. The summed E-state index contributed by atoms with van der Waals surface area (Å²) in [5.74, 6) is 0.0104. The van der Waals surface area contributed by atoms with Gasteiger partial charge in [0, 0.05) is 5.56 Å². The highest BCUT2D eigenvalue weighted by molar-refractivity contribution is 5.94. The van der Waals surface area contributed by atoms with Crippen LogP contribution in [0.5, 0.6) is 0 Å². The molecule has 1 N–H and O–H groups in total. The van der Waals surface area contributed by atoms with E-state index in [2.05, 4.69) is 31.3 Å². The van der Waals surface area contributed by atoms with Gasteiger partial charge in [-0.15, -0.1) is 0 Å². The number of rotatable bonds is 2. The second-order valence-corrected chi connectivity index (χ2v) is 5.25. The minimum atomic E-state index is 0.0104. The number of amides is 1. The van der Waals surface area contributed by atoms with Crippen molar-refractivity contribution in [1.82, 2.24) is 5.32 Å². The van der Waals surface area contributed by atoms with Crippen LogP contribution in [0.4, 0.5) is 0 Å². The van der Waals surface area contributed by atoms with Crippen LogP contribution in [-0.2, 0) is 6.42 Å². The predicted molar refractivity (Wildman–Crippen MR) is 76.3 cm³/mol. The molecule has 0 saturated carbocycles. The standard InChI is InChI=1S/C17H17NO/c1-11-8-12(2)16-14(9-11)10-15(16)18-17(19)13-6-4-3-5-7-13/h3-9,15H,10H2,1-2H3,(H,18,19). The number of nitrogens with one attached hydrogen (secondary N) is 1. The molecule has 2 aromatic rings. The molecule has 2 nitrogen and oxygen atoms in total. The Morgan fingerprint density at radius 2 is 1.89 bits per heavy atom. The Morgan fingerprint density at radius 3 is 2.58 bits per heavy atom. The van der Waals surface area contributed by atoms with Gasteiger partial charge in [-0.25, -0.2) is 0 Å². The largest absolute Gasteiger partial charge is 0.345 e. The van der Waals surface area contributed by atoms with Gasteiger partial charge >= 0.3 is 0 Å². The van der Waals surface area contributed by atoms with E-state index in [0.29, 0.717) is 0 Å². The zero-order chi connectivity index (χ0) is 13.4. The van der Waals surface area contributed by atoms with E-state index in [0.717, 1.165) is 12.0 Å². The van der Waals surface area contributed by atoms with Crippen LogP contribution in [0.1, 0.15) is 38.7 Å². The minimum absolute atomic E-state index is 0.0104. The van der Waals surface area contributed by atoms with Gasteiger partial charge < -0.3 is 5.32 Å². The van der Waals surface area contributed by atoms with Crippen molar-refractivity contribution in [2.45, 2.75) is 26.3 Å². The van der Waals surface area contributed by atoms with Gasteiger partial charge in [0.05, 0.1) is 6.04 Å². The normalized spacial score (nSPS) is 16.4. The summed E-state index contributed by atoms with van der Waals surface area (Å²) in [6.07, 6.45) is 0.941. The minimum Gasteiger partial charge on any atom is -0.345 e. The third-order valence-electron chi connectivity index (χ3n) is 3.73. The maximum Gasteiger partial charge on any atom is 0.251 e. The molecular weight excluding hydrogens is 234 g/mol. The number of hydrogen-bond acceptors (Lipinski definition) is 1. The van der Waals surface area contributed by atoms with Crippen LogP contribution < -0.4 is 5.32 Å². The molecule has 19 heavy (non-hydrogen) atoms. The fourth-order valence-electron chi connectivity index (χ4n) is 2.88. The van der Waals surface area contributed by atoms with Crippen molar-refractivity contribution >= 4 is 5.91 Å². The monoisotopic (exact) mass is 251 g/mol. The molecule has 96 valence electrons. The van der Waals surface area contributed by atoms with Gasteiger partial charge in [-0.1, -0.05) is 35.9 Å². The Bertz CT molecular complexity index is 614. The Kier molecular flexibility index (Phi) is 2.86. The topological polar surface area (TPSA) is 29.1 Å². The van der Waals surface area contributed by atoms with Gasteiger partial charge in [0.1, 0.15) is 0 Å². The van der Waals surface area contributed by atoms with Crippen molar-refractivity contribution in [1.29, 1.82) is 0 Å². The first-order valence-corrected chi connectivity index (χ1v) is 6.61. The number of carbonyl (C=O) groups is 1. The highest BCUT2D eigenvalue weighted by atomic mass is 16.1. The Balaban J connectivity index is 1.78.